The van der Waals surface area contributed by atoms with E-state index in [-0.39, 0.29) is 5.56 Å². The normalized spacial score (nSPS) is 10.2. The van der Waals surface area contributed by atoms with Gasteiger partial charge in [0.25, 0.3) is 0 Å². The minimum absolute atomic E-state index is 0.264. The van der Waals surface area contributed by atoms with E-state index in [0.29, 0.717) is 10.6 Å². The van der Waals surface area contributed by atoms with Gasteiger partial charge in [-0.2, -0.15) is 0 Å². The van der Waals surface area contributed by atoms with Crippen LogP contribution >= 0.6 is 12.6 Å². The summed E-state index contributed by atoms with van der Waals surface area (Å²) >= 11 is 4.24. The molecule has 0 aromatic heterocycles. The molecular formula is C13H11NO2S. The third kappa shape index (κ3) is 2.42. The quantitative estimate of drug-likeness (QED) is 0.563. The maximum atomic E-state index is 10.9. The number of rotatable bonds is 2. The summed E-state index contributed by atoms with van der Waals surface area (Å²) in [5.74, 6) is -0.937. The van der Waals surface area contributed by atoms with Crippen LogP contribution in [0.4, 0.5) is 5.69 Å². The van der Waals surface area contributed by atoms with Crippen LogP contribution in [0.5, 0.6) is 0 Å². The van der Waals surface area contributed by atoms with E-state index in [2.05, 4.69) is 12.6 Å². The molecule has 0 unspecified atom stereocenters. The summed E-state index contributed by atoms with van der Waals surface area (Å²) in [7, 11) is 0. The number of aromatic carboxylic acids is 1. The first-order valence-corrected chi connectivity index (χ1v) is 5.45. The Bertz CT molecular complexity index is 581. The highest BCUT2D eigenvalue weighted by molar-refractivity contribution is 7.80. The van der Waals surface area contributed by atoms with E-state index in [0.717, 1.165) is 11.1 Å². The Morgan fingerprint density at radius 2 is 1.82 bits per heavy atom. The summed E-state index contributed by atoms with van der Waals surface area (Å²) in [6.45, 7) is 0. The standard InChI is InChI=1S/C13H11NO2S/c14-11-5-4-9(7-12(11)17)8-2-1-3-10(6-8)13(15)16/h1-7,17H,14H2,(H,15,16). The number of hydrogen-bond acceptors (Lipinski definition) is 3. The Hall–Kier alpha value is -1.94. The topological polar surface area (TPSA) is 63.3 Å². The summed E-state index contributed by atoms with van der Waals surface area (Å²) in [5, 5.41) is 8.92. The van der Waals surface area contributed by atoms with E-state index >= 15 is 0 Å². The van der Waals surface area contributed by atoms with Crippen LogP contribution in [0.2, 0.25) is 0 Å². The molecule has 3 N–H and O–H groups in total. The molecule has 0 fully saturated rings. The zero-order valence-corrected chi connectivity index (χ0v) is 9.82. The van der Waals surface area contributed by atoms with E-state index in [9.17, 15) is 4.79 Å². The lowest BCUT2D eigenvalue weighted by Crippen LogP contribution is -1.95. The average molecular weight is 245 g/mol. The fourth-order valence-electron chi connectivity index (χ4n) is 1.56. The van der Waals surface area contributed by atoms with Crippen molar-refractivity contribution in [2.45, 2.75) is 4.90 Å². The number of thiol groups is 1. The summed E-state index contributed by atoms with van der Waals surface area (Å²) in [6, 6.07) is 12.2. The van der Waals surface area contributed by atoms with Crippen LogP contribution in [-0.2, 0) is 0 Å². The Labute approximate surface area is 104 Å². The van der Waals surface area contributed by atoms with Crippen LogP contribution in [0.1, 0.15) is 10.4 Å². The zero-order valence-electron chi connectivity index (χ0n) is 8.92. The number of carboxylic acids is 1. The molecule has 17 heavy (non-hydrogen) atoms. The van der Waals surface area contributed by atoms with Crippen molar-refractivity contribution >= 4 is 24.3 Å². The number of benzene rings is 2. The highest BCUT2D eigenvalue weighted by Gasteiger charge is 2.05. The molecule has 0 saturated heterocycles. The van der Waals surface area contributed by atoms with Gasteiger partial charge in [0, 0.05) is 10.6 Å². The van der Waals surface area contributed by atoms with Gasteiger partial charge in [0.15, 0.2) is 0 Å². The third-order valence-electron chi connectivity index (χ3n) is 2.47. The Morgan fingerprint density at radius 1 is 1.12 bits per heavy atom. The highest BCUT2D eigenvalue weighted by Crippen LogP contribution is 2.26. The highest BCUT2D eigenvalue weighted by atomic mass is 32.1. The van der Waals surface area contributed by atoms with Crippen LogP contribution < -0.4 is 5.73 Å². The molecule has 0 aliphatic rings. The van der Waals surface area contributed by atoms with Crippen molar-refractivity contribution in [3.8, 4) is 11.1 Å². The largest absolute Gasteiger partial charge is 0.478 e. The number of carboxylic acid groups (broad SMARTS) is 1. The Balaban J connectivity index is 2.49. The second-order valence-electron chi connectivity index (χ2n) is 3.66. The second kappa shape index (κ2) is 4.51. The molecule has 0 aliphatic carbocycles. The maximum absolute atomic E-state index is 10.9. The minimum atomic E-state index is -0.937. The SMILES string of the molecule is Nc1ccc(-c2cccc(C(=O)O)c2)cc1S. The van der Waals surface area contributed by atoms with E-state index < -0.39 is 5.97 Å². The first-order chi connectivity index (χ1) is 8.08. The van der Waals surface area contributed by atoms with Crippen molar-refractivity contribution in [2.75, 3.05) is 5.73 Å². The van der Waals surface area contributed by atoms with E-state index in [4.69, 9.17) is 10.8 Å². The first-order valence-electron chi connectivity index (χ1n) is 5.00. The Kier molecular flexibility index (Phi) is 3.06. The fourth-order valence-corrected chi connectivity index (χ4v) is 1.77. The molecule has 2 rings (SSSR count). The number of nitrogen functional groups attached to an aromatic ring is 1. The maximum Gasteiger partial charge on any atom is 0.335 e. The molecule has 2 aromatic rings. The molecule has 0 saturated carbocycles. The van der Waals surface area contributed by atoms with Gasteiger partial charge in [0.05, 0.1) is 5.56 Å². The molecule has 0 amide bonds. The fraction of sp³-hybridized carbons (Fsp3) is 0. The van der Waals surface area contributed by atoms with E-state index in [1.54, 1.807) is 24.3 Å². The molecular weight excluding hydrogens is 234 g/mol. The van der Waals surface area contributed by atoms with Crippen molar-refractivity contribution in [1.82, 2.24) is 0 Å². The number of nitrogens with two attached hydrogens (primary N) is 1. The van der Waals surface area contributed by atoms with Crippen molar-refractivity contribution in [3.05, 3.63) is 48.0 Å². The van der Waals surface area contributed by atoms with Crippen LogP contribution in [0.3, 0.4) is 0 Å². The van der Waals surface area contributed by atoms with Crippen molar-refractivity contribution in [1.29, 1.82) is 0 Å². The van der Waals surface area contributed by atoms with E-state index in [1.165, 1.54) is 0 Å². The van der Waals surface area contributed by atoms with Crippen LogP contribution in [0.25, 0.3) is 11.1 Å². The molecule has 3 nitrogen and oxygen atoms in total. The second-order valence-corrected chi connectivity index (χ2v) is 4.14. The lowest BCUT2D eigenvalue weighted by molar-refractivity contribution is 0.0697. The van der Waals surface area contributed by atoms with Gasteiger partial charge in [-0.1, -0.05) is 18.2 Å². The van der Waals surface area contributed by atoms with Crippen molar-refractivity contribution in [2.24, 2.45) is 0 Å². The summed E-state index contributed by atoms with van der Waals surface area (Å²) in [6.07, 6.45) is 0. The first kappa shape index (κ1) is 11.5. The molecule has 4 heteroatoms. The van der Waals surface area contributed by atoms with Crippen LogP contribution in [0, 0.1) is 0 Å². The summed E-state index contributed by atoms with van der Waals surface area (Å²) < 4.78 is 0. The minimum Gasteiger partial charge on any atom is -0.478 e. The molecule has 2 aromatic carbocycles. The zero-order chi connectivity index (χ0) is 12.4. The van der Waals surface area contributed by atoms with Gasteiger partial charge in [-0.05, 0) is 35.4 Å². The molecule has 0 aliphatic heterocycles. The van der Waals surface area contributed by atoms with E-state index in [1.807, 2.05) is 18.2 Å². The van der Waals surface area contributed by atoms with Gasteiger partial charge in [0.1, 0.15) is 0 Å². The predicted molar refractivity (Wildman–Crippen MR) is 70.5 cm³/mol. The van der Waals surface area contributed by atoms with Gasteiger partial charge in [-0.25, -0.2) is 4.79 Å². The van der Waals surface area contributed by atoms with Crippen LogP contribution in [0.15, 0.2) is 47.4 Å². The number of anilines is 1. The molecule has 0 atom stereocenters. The molecule has 0 bridgehead atoms. The monoisotopic (exact) mass is 245 g/mol. The van der Waals surface area contributed by atoms with Crippen molar-refractivity contribution < 1.29 is 9.90 Å². The summed E-state index contributed by atoms with van der Waals surface area (Å²) in [4.78, 5) is 11.6. The van der Waals surface area contributed by atoms with Crippen molar-refractivity contribution in [3.63, 3.8) is 0 Å². The van der Waals surface area contributed by atoms with Gasteiger partial charge in [-0.3, -0.25) is 0 Å². The average Bonchev–Trinajstić information content (AvgIpc) is 2.33. The lowest BCUT2D eigenvalue weighted by atomic mass is 10.0. The Morgan fingerprint density at radius 3 is 2.47 bits per heavy atom. The number of hydrogen-bond donors (Lipinski definition) is 3. The van der Waals surface area contributed by atoms with Gasteiger partial charge in [-0.15, -0.1) is 12.6 Å². The lowest BCUT2D eigenvalue weighted by Gasteiger charge is -2.05. The molecule has 0 radical (unpaired) electrons. The molecule has 0 spiro atoms. The third-order valence-corrected chi connectivity index (χ3v) is 2.86. The van der Waals surface area contributed by atoms with Gasteiger partial charge < -0.3 is 10.8 Å². The number of carbonyl (C=O) groups is 1. The van der Waals surface area contributed by atoms with Gasteiger partial charge >= 0.3 is 5.97 Å². The summed E-state index contributed by atoms with van der Waals surface area (Å²) in [5.41, 5.74) is 8.27. The predicted octanol–water partition coefficient (Wildman–Crippen LogP) is 2.92. The molecule has 86 valence electrons. The molecule has 0 heterocycles. The van der Waals surface area contributed by atoms with Crippen LogP contribution in [-0.4, -0.2) is 11.1 Å². The smallest absolute Gasteiger partial charge is 0.335 e. The van der Waals surface area contributed by atoms with Gasteiger partial charge in [0.2, 0.25) is 0 Å².